The van der Waals surface area contributed by atoms with Gasteiger partial charge in [0, 0.05) is 19.4 Å². The Morgan fingerprint density at radius 3 is 0.490 bits per heavy atom. The highest BCUT2D eigenvalue weighted by Gasteiger charge is 1.93. The third-order valence-corrected chi connectivity index (χ3v) is 13.3. The molecular weight excluding hydrogens is 1750 g/mol. The van der Waals surface area contributed by atoms with Crippen LogP contribution in [0.3, 0.4) is 0 Å². The maximum Gasteiger partial charge on any atom is 0.127 e. The predicted octanol–water partition coefficient (Wildman–Crippen LogP) is 51.6. The number of nitrogens with zero attached hydrogens (tertiary/aromatic N) is 1. The fraction of sp³-hybridized carbons (Fsp3) is 0.396. The van der Waals surface area contributed by atoms with Crippen LogP contribution in [0.5, 0.6) is 11.5 Å². The van der Waals surface area contributed by atoms with E-state index in [1.54, 1.807) is 23.9 Å². The molecule has 0 N–H and O–H groups in total. The molecule has 0 atom stereocenters. The summed E-state index contributed by atoms with van der Waals surface area (Å²) in [7, 11) is 2.00. The van der Waals surface area contributed by atoms with Gasteiger partial charge in [-0.15, -0.1) is 0 Å². The maximum absolute atomic E-state index is 5.58. The van der Waals surface area contributed by atoms with E-state index in [0.29, 0.717) is 0 Å². The molecule has 4 heteroatoms. The van der Waals surface area contributed by atoms with Gasteiger partial charge in [0.2, 0.25) is 0 Å². The minimum Gasteiger partial charge on any atom is -0.473 e. The standard InChI is InChI=1S/C14H12.C12H10O.C10H8.C9H10.4C7H8.C5H7N.C4H4O.C4H4S.2C4H8.21C2H6.3CH4/c1-3-7-13(8-4-1)11-12-14-9-5-2-6-10-14;1-3-7-11(8-4-1)13-12-9-5-2-6-10-12;1-2-6-10-8-4-3-7-9(10)5-1;1-2-6-9-7-4-3-5-8-9;4*1-7-5-3-2-4-6-7;1-6-4-2-3-5-6;2*1-2-4-5-3-1;2*1-3-4-2;21*1-2;;;/h1-12H;1-10H;1-8H;2-8H,1H3;4*2-6H,1H3;2-5H,1H3;2*1-4H;2*3-4H,1-2H3;21*1-2H3;3*1H4/b12-11+;;;6-2+;;;;;;;;2*4-3+;;;;;;;;;;;;;;;;;;;;;;;;. The van der Waals surface area contributed by atoms with E-state index < -0.39 is 0 Å². The lowest BCUT2D eigenvalue weighted by Gasteiger charge is -2.03. The topological polar surface area (TPSA) is 27.3 Å². The molecule has 14 aromatic rings. The number of fused-ring (bicyclic) bond motifs is 1. The lowest BCUT2D eigenvalue weighted by molar-refractivity contribution is 0.482. The Morgan fingerprint density at radius 1 is 0.196 bits per heavy atom. The van der Waals surface area contributed by atoms with Crippen molar-refractivity contribution in [3.05, 3.63) is 463 Å². The van der Waals surface area contributed by atoms with Crippen LogP contribution in [0.25, 0.3) is 29.0 Å². The van der Waals surface area contributed by atoms with Gasteiger partial charge in [0.15, 0.2) is 0 Å². The Balaban J connectivity index is -0.0000000507. The number of ether oxygens (including phenoxy) is 1. The third kappa shape index (κ3) is 180. The highest BCUT2D eigenvalue weighted by Crippen LogP contribution is 2.20. The van der Waals surface area contributed by atoms with Crippen molar-refractivity contribution in [3.63, 3.8) is 0 Å². The van der Waals surface area contributed by atoms with Crippen LogP contribution < -0.4 is 4.74 Å². The number of allylic oxidation sites excluding steroid dienone is 5. The fourth-order valence-corrected chi connectivity index (χ4v) is 7.79. The van der Waals surface area contributed by atoms with Gasteiger partial charge >= 0.3 is 0 Å². The Kier molecular flexibility index (Phi) is 289. The predicted molar refractivity (Wildman–Crippen MR) is 693 cm³/mol. The van der Waals surface area contributed by atoms with Crippen LogP contribution in [-0.4, -0.2) is 4.57 Å². The van der Waals surface area contributed by atoms with Gasteiger partial charge < -0.3 is 13.7 Å². The van der Waals surface area contributed by atoms with Gasteiger partial charge in [0.25, 0.3) is 0 Å². The molecule has 11 aromatic carbocycles. The van der Waals surface area contributed by atoms with E-state index in [-0.39, 0.29) is 22.3 Å². The number of hydrogen-bond donors (Lipinski definition) is 0. The summed E-state index contributed by atoms with van der Waals surface area (Å²) in [5.41, 5.74) is 9.02. The van der Waals surface area contributed by atoms with Crippen molar-refractivity contribution in [1.82, 2.24) is 4.57 Å². The normalized spacial score (nSPS) is 7.30. The molecule has 0 spiro atoms. The molecule has 0 unspecified atom stereocenters. The van der Waals surface area contributed by atoms with E-state index in [1.165, 1.54) is 49.7 Å². The Hall–Kier alpha value is -11.3. The van der Waals surface area contributed by atoms with Crippen molar-refractivity contribution in [1.29, 1.82) is 0 Å². The first kappa shape index (κ1) is 190. The average Bonchev–Trinajstić information content (AvgIpc) is 1.77. The molecule has 3 nitrogen and oxygen atoms in total. The average molecular weight is 1990 g/mol. The van der Waals surface area contributed by atoms with Gasteiger partial charge in [-0.05, 0) is 149 Å². The summed E-state index contributed by atoms with van der Waals surface area (Å²) in [4.78, 5) is 0. The van der Waals surface area contributed by atoms with E-state index in [0.717, 1.165) is 11.5 Å². The zero-order valence-electron chi connectivity index (χ0n) is 101. The zero-order valence-corrected chi connectivity index (χ0v) is 102. The van der Waals surface area contributed by atoms with Crippen LogP contribution in [0.4, 0.5) is 0 Å². The van der Waals surface area contributed by atoms with Crippen molar-refractivity contribution >= 4 is 40.3 Å². The first-order valence-electron chi connectivity index (χ1n) is 54.0. The molecular formula is C139H241NO2S. The maximum atomic E-state index is 5.58. The molecule has 0 aliphatic carbocycles. The molecule has 0 bridgehead atoms. The summed E-state index contributed by atoms with van der Waals surface area (Å²) in [5, 5.41) is 6.70. The molecule has 0 saturated heterocycles. The van der Waals surface area contributed by atoms with Gasteiger partial charge in [-0.1, -0.05) is 693 Å². The number of benzene rings is 11. The monoisotopic (exact) mass is 1990 g/mol. The molecule has 3 aromatic heterocycles. The number of para-hydroxylation sites is 2. The highest BCUT2D eigenvalue weighted by molar-refractivity contribution is 7.07. The van der Waals surface area contributed by atoms with Gasteiger partial charge in [-0.25, -0.2) is 0 Å². The van der Waals surface area contributed by atoms with Gasteiger partial charge in [0.05, 0.1) is 12.5 Å². The fourth-order valence-electron chi connectivity index (χ4n) is 7.34. The summed E-state index contributed by atoms with van der Waals surface area (Å²) < 4.78 is 12.2. The second kappa shape index (κ2) is 217. The zero-order chi connectivity index (χ0) is 113. The van der Waals surface area contributed by atoms with Gasteiger partial charge in [-0.2, -0.15) is 11.3 Å². The molecule has 820 valence electrons. The lowest BCUT2D eigenvalue weighted by atomic mass is 10.1. The number of aromatic nitrogens is 1. The summed E-state index contributed by atoms with van der Waals surface area (Å²) in [6, 6.07) is 120. The quantitative estimate of drug-likeness (QED) is 0.127. The Bertz CT molecular complexity index is 3600. The Morgan fingerprint density at radius 2 is 0.364 bits per heavy atom. The highest BCUT2D eigenvalue weighted by atomic mass is 32.1. The van der Waals surface area contributed by atoms with Crippen molar-refractivity contribution < 1.29 is 9.15 Å². The minimum absolute atomic E-state index is 0. The summed E-state index contributed by atoms with van der Waals surface area (Å²) in [5.74, 6) is 1.74. The van der Waals surface area contributed by atoms with Crippen LogP contribution in [0, 0.1) is 27.7 Å². The first-order valence-corrected chi connectivity index (χ1v) is 54.9. The summed E-state index contributed by atoms with van der Waals surface area (Å²) in [6.07, 6.45) is 23.6. The molecule has 0 radical (unpaired) electrons. The number of hydrogen-bond acceptors (Lipinski definition) is 3. The smallest absolute Gasteiger partial charge is 0.127 e. The van der Waals surface area contributed by atoms with Crippen molar-refractivity contribution in [3.8, 4) is 11.5 Å². The SMILES string of the molecule is C.C.C.C(=C\c1ccccc1)/c1ccccc1.C/C=C/C.C/C=C/C.C/C=C/c1ccccc1.CC.CC.CC.CC.CC.CC.CC.CC.CC.CC.CC.CC.CC.CC.CC.CC.CC.CC.CC.CC.CC.Cc1ccccc1.Cc1ccccc1.Cc1ccccc1.Cc1ccccc1.Cn1cccc1.c1ccc(Oc2ccccc2)cc1.c1ccc2ccccc2c1.c1ccoc1.c1ccsc1. The molecule has 14 rings (SSSR count). The van der Waals surface area contributed by atoms with Crippen LogP contribution in [-0.2, 0) is 7.05 Å². The third-order valence-electron chi connectivity index (χ3n) is 12.6. The first-order chi connectivity index (χ1) is 69.1. The Labute approximate surface area is 904 Å². The van der Waals surface area contributed by atoms with E-state index in [4.69, 9.17) is 4.74 Å². The van der Waals surface area contributed by atoms with Crippen molar-refractivity contribution in [2.75, 3.05) is 0 Å². The van der Waals surface area contributed by atoms with E-state index in [1.807, 2.05) is 615 Å². The second-order valence-corrected chi connectivity index (χ2v) is 21.8. The van der Waals surface area contributed by atoms with Crippen molar-refractivity contribution in [2.24, 2.45) is 7.05 Å². The number of aryl methyl sites for hydroxylation is 5. The van der Waals surface area contributed by atoms with Crippen LogP contribution in [0.1, 0.15) is 387 Å². The van der Waals surface area contributed by atoms with Crippen LogP contribution in [0.15, 0.2) is 428 Å². The molecule has 0 saturated carbocycles. The van der Waals surface area contributed by atoms with Gasteiger partial charge in [-0.3, -0.25) is 0 Å². The van der Waals surface area contributed by atoms with E-state index >= 15 is 0 Å². The lowest BCUT2D eigenvalue weighted by Crippen LogP contribution is -1.81. The van der Waals surface area contributed by atoms with Crippen LogP contribution in [0.2, 0.25) is 0 Å². The molecule has 0 aliphatic rings. The summed E-state index contributed by atoms with van der Waals surface area (Å²) in [6.45, 7) is 102. The molecule has 3 heterocycles. The van der Waals surface area contributed by atoms with Crippen molar-refractivity contribution in [2.45, 2.75) is 375 Å². The van der Waals surface area contributed by atoms with E-state index in [9.17, 15) is 0 Å². The molecule has 0 amide bonds. The largest absolute Gasteiger partial charge is 0.473 e. The van der Waals surface area contributed by atoms with Crippen LogP contribution >= 0.6 is 11.3 Å². The molecule has 143 heavy (non-hydrogen) atoms. The summed E-state index contributed by atoms with van der Waals surface area (Å²) >= 11 is 1.71. The molecule has 0 fully saturated rings. The second-order valence-electron chi connectivity index (χ2n) is 21.0. The number of furan rings is 1. The minimum atomic E-state index is 0. The molecule has 0 aliphatic heterocycles. The number of rotatable bonds is 5. The van der Waals surface area contributed by atoms with Gasteiger partial charge in [0.1, 0.15) is 11.5 Å². The van der Waals surface area contributed by atoms with E-state index in [2.05, 4.69) is 184 Å². The number of thiophene rings is 1.